The van der Waals surface area contributed by atoms with Crippen LogP contribution in [-0.2, 0) is 20.6 Å². The molecule has 0 spiro atoms. The number of halogens is 3. The van der Waals surface area contributed by atoms with E-state index in [1.807, 2.05) is 6.07 Å². The van der Waals surface area contributed by atoms with Gasteiger partial charge in [-0.1, -0.05) is 46.9 Å². The minimum Gasteiger partial charge on any atom is -0.495 e. The number of aryl methyl sites for hydroxylation is 1. The number of sulfonamides is 1. The molecule has 14 heteroatoms. The molecular weight excluding hydrogens is 609 g/mol. The average Bonchev–Trinajstić information content (AvgIpc) is 2.89. The lowest BCUT2D eigenvalue weighted by Gasteiger charge is -2.26. The third-order valence-corrected chi connectivity index (χ3v) is 9.24. The molecule has 0 aliphatic rings. The normalized spacial score (nSPS) is 11.2. The molecule has 1 N–H and O–H groups in total. The number of thioether (sulfide) groups is 1. The van der Waals surface area contributed by atoms with E-state index in [-0.39, 0.29) is 33.6 Å². The lowest BCUT2D eigenvalue weighted by molar-refractivity contribution is -0.385. The fraction of sp³-hybridized carbons (Fsp3) is 0.240. The van der Waals surface area contributed by atoms with Gasteiger partial charge in [-0.3, -0.25) is 19.2 Å². The van der Waals surface area contributed by atoms with Crippen molar-refractivity contribution in [1.82, 2.24) is 5.32 Å². The molecule has 0 atom stereocenters. The van der Waals surface area contributed by atoms with E-state index in [2.05, 4.69) is 5.32 Å². The van der Waals surface area contributed by atoms with Gasteiger partial charge in [0, 0.05) is 34.7 Å². The Kier molecular flexibility index (Phi) is 10.7. The van der Waals surface area contributed by atoms with Gasteiger partial charge in [-0.05, 0) is 48.9 Å². The molecule has 0 bridgehead atoms. The van der Waals surface area contributed by atoms with Crippen molar-refractivity contribution in [3.63, 3.8) is 0 Å². The monoisotopic (exact) mass is 631 g/mol. The maximum Gasteiger partial charge on any atom is 0.273 e. The lowest BCUT2D eigenvalue weighted by Crippen LogP contribution is -2.41. The second-order valence-corrected chi connectivity index (χ2v) is 12.4. The van der Waals surface area contributed by atoms with Gasteiger partial charge < -0.3 is 10.1 Å². The van der Waals surface area contributed by atoms with Gasteiger partial charge in [0.15, 0.2) is 0 Å². The van der Waals surface area contributed by atoms with Crippen molar-refractivity contribution in [2.24, 2.45) is 0 Å². The van der Waals surface area contributed by atoms with Crippen LogP contribution in [0.25, 0.3) is 0 Å². The van der Waals surface area contributed by atoms with Crippen LogP contribution in [0, 0.1) is 17.0 Å². The van der Waals surface area contributed by atoms with Crippen LogP contribution < -0.4 is 14.4 Å². The van der Waals surface area contributed by atoms with Crippen LogP contribution in [0.1, 0.15) is 11.1 Å². The molecule has 3 rings (SSSR count). The summed E-state index contributed by atoms with van der Waals surface area (Å²) in [6.07, 6.45) is 0. The number of anilines is 1. The Morgan fingerprint density at radius 2 is 1.82 bits per heavy atom. The highest BCUT2D eigenvalue weighted by atomic mass is 35.5. The first-order valence-electron chi connectivity index (χ1n) is 11.3. The number of methoxy groups -OCH3 is 1. The zero-order valence-corrected chi connectivity index (χ0v) is 24.7. The van der Waals surface area contributed by atoms with Crippen molar-refractivity contribution in [1.29, 1.82) is 0 Å². The third kappa shape index (κ3) is 7.92. The zero-order chi connectivity index (χ0) is 28.7. The predicted molar refractivity (Wildman–Crippen MR) is 156 cm³/mol. The summed E-state index contributed by atoms with van der Waals surface area (Å²) >= 11 is 19.7. The lowest BCUT2D eigenvalue weighted by atomic mass is 10.2. The fourth-order valence-electron chi connectivity index (χ4n) is 3.50. The van der Waals surface area contributed by atoms with Gasteiger partial charge in [0.05, 0.1) is 32.7 Å². The molecule has 39 heavy (non-hydrogen) atoms. The van der Waals surface area contributed by atoms with E-state index in [1.54, 1.807) is 23.9 Å². The van der Waals surface area contributed by atoms with Gasteiger partial charge >= 0.3 is 0 Å². The van der Waals surface area contributed by atoms with E-state index in [4.69, 9.17) is 39.5 Å². The number of rotatable bonds is 12. The molecule has 0 aliphatic heterocycles. The van der Waals surface area contributed by atoms with Gasteiger partial charge in [0.2, 0.25) is 5.91 Å². The Morgan fingerprint density at radius 1 is 1.08 bits per heavy atom. The molecule has 0 aliphatic carbocycles. The van der Waals surface area contributed by atoms with E-state index in [1.165, 1.54) is 44.4 Å². The zero-order valence-electron chi connectivity index (χ0n) is 20.8. The maximum atomic E-state index is 13.7. The number of benzene rings is 3. The number of nitrogens with zero attached hydrogens (tertiary/aromatic N) is 2. The Balaban J connectivity index is 1.79. The first-order chi connectivity index (χ1) is 18.4. The van der Waals surface area contributed by atoms with Crippen LogP contribution in [0.2, 0.25) is 15.1 Å². The van der Waals surface area contributed by atoms with Crippen LogP contribution in [0.3, 0.4) is 0 Å². The largest absolute Gasteiger partial charge is 0.495 e. The van der Waals surface area contributed by atoms with E-state index in [0.29, 0.717) is 27.1 Å². The number of ether oxygens (including phenoxy) is 1. The van der Waals surface area contributed by atoms with Gasteiger partial charge in [-0.2, -0.15) is 11.8 Å². The SMILES string of the molecule is COc1ccc(Cl)cc1N(CC(=O)NCCSCc1ccc(Cl)c(Cl)c1)S(=O)(=O)c1ccc(C)c([N+](=O)[O-])c1. The number of carbonyl (C=O) groups excluding carboxylic acids is 1. The highest BCUT2D eigenvalue weighted by Crippen LogP contribution is 2.35. The number of hydrogen-bond acceptors (Lipinski definition) is 7. The molecule has 9 nitrogen and oxygen atoms in total. The second-order valence-electron chi connectivity index (χ2n) is 8.18. The topological polar surface area (TPSA) is 119 Å². The Hall–Kier alpha value is -2.70. The molecule has 0 saturated carbocycles. The summed E-state index contributed by atoms with van der Waals surface area (Å²) in [5.74, 6) is 0.745. The average molecular weight is 633 g/mol. The molecule has 0 radical (unpaired) electrons. The molecule has 208 valence electrons. The summed E-state index contributed by atoms with van der Waals surface area (Å²) in [5, 5.41) is 15.3. The van der Waals surface area contributed by atoms with E-state index in [9.17, 15) is 23.3 Å². The highest BCUT2D eigenvalue weighted by molar-refractivity contribution is 7.98. The second kappa shape index (κ2) is 13.6. The summed E-state index contributed by atoms with van der Waals surface area (Å²) in [6, 6.07) is 13.2. The highest BCUT2D eigenvalue weighted by Gasteiger charge is 2.31. The van der Waals surface area contributed by atoms with Crippen molar-refractivity contribution in [3.8, 4) is 5.75 Å². The van der Waals surface area contributed by atoms with Crippen molar-refractivity contribution >= 4 is 73.9 Å². The Labute approximate surface area is 245 Å². The van der Waals surface area contributed by atoms with Crippen LogP contribution in [0.4, 0.5) is 11.4 Å². The fourth-order valence-corrected chi connectivity index (χ4v) is 6.24. The number of nitrogens with one attached hydrogen (secondary N) is 1. The molecule has 3 aromatic rings. The first-order valence-corrected chi connectivity index (χ1v) is 15.1. The molecule has 3 aromatic carbocycles. The molecule has 0 unspecified atom stereocenters. The minimum atomic E-state index is -4.45. The summed E-state index contributed by atoms with van der Waals surface area (Å²) in [6.45, 7) is 1.15. The standard InChI is InChI=1S/C25H24Cl3N3O6S2/c1-16-3-6-19(13-22(16)31(33)34)39(35,36)30(23-12-18(26)5-8-24(23)37-2)14-25(32)29-9-10-38-15-17-4-7-20(27)21(28)11-17/h3-8,11-13H,9-10,14-15H2,1-2H3,(H,29,32). The van der Waals surface area contributed by atoms with Crippen molar-refractivity contribution in [2.75, 3.05) is 30.3 Å². The molecular formula is C25H24Cl3N3O6S2. The Bertz CT molecular complexity index is 1490. The number of nitro benzene ring substituents is 1. The molecule has 0 fully saturated rings. The van der Waals surface area contributed by atoms with Crippen molar-refractivity contribution in [3.05, 3.63) is 90.9 Å². The number of carbonyl (C=O) groups is 1. The van der Waals surface area contributed by atoms with E-state index in [0.717, 1.165) is 15.9 Å². The maximum absolute atomic E-state index is 13.7. The molecule has 1 amide bonds. The molecule has 0 saturated heterocycles. The van der Waals surface area contributed by atoms with E-state index < -0.39 is 27.4 Å². The molecule has 0 heterocycles. The van der Waals surface area contributed by atoms with Crippen LogP contribution in [0.15, 0.2) is 59.5 Å². The summed E-state index contributed by atoms with van der Waals surface area (Å²) in [7, 11) is -3.10. The summed E-state index contributed by atoms with van der Waals surface area (Å²) in [4.78, 5) is 23.3. The van der Waals surface area contributed by atoms with E-state index >= 15 is 0 Å². The number of amides is 1. The van der Waals surface area contributed by atoms with Crippen LogP contribution in [0.5, 0.6) is 5.75 Å². The third-order valence-electron chi connectivity index (χ3n) is 5.48. The Morgan fingerprint density at radius 3 is 2.49 bits per heavy atom. The van der Waals surface area contributed by atoms with Crippen molar-refractivity contribution in [2.45, 2.75) is 17.6 Å². The van der Waals surface area contributed by atoms with Crippen LogP contribution in [-0.4, -0.2) is 45.2 Å². The quantitative estimate of drug-likeness (QED) is 0.145. The van der Waals surface area contributed by atoms with Gasteiger partial charge in [0.1, 0.15) is 12.3 Å². The smallest absolute Gasteiger partial charge is 0.273 e. The van der Waals surface area contributed by atoms with Gasteiger partial charge in [-0.15, -0.1) is 0 Å². The molecule has 0 aromatic heterocycles. The first kappa shape index (κ1) is 30.8. The van der Waals surface area contributed by atoms with Gasteiger partial charge in [-0.25, -0.2) is 8.42 Å². The predicted octanol–water partition coefficient (Wildman–Crippen LogP) is 6.12. The van der Waals surface area contributed by atoms with Crippen LogP contribution >= 0.6 is 46.6 Å². The summed E-state index contributed by atoms with van der Waals surface area (Å²) < 4.78 is 33.6. The summed E-state index contributed by atoms with van der Waals surface area (Å²) in [5.41, 5.74) is 0.912. The number of nitro groups is 1. The van der Waals surface area contributed by atoms with Crippen molar-refractivity contribution < 1.29 is 22.9 Å². The minimum absolute atomic E-state index is 0.0115. The van der Waals surface area contributed by atoms with Gasteiger partial charge in [0.25, 0.3) is 15.7 Å². The number of hydrogen-bond donors (Lipinski definition) is 1.